The first kappa shape index (κ1) is 18.2. The minimum Gasteiger partial charge on any atom is -0.342 e. The summed E-state index contributed by atoms with van der Waals surface area (Å²) in [5.74, 6) is 0.384. The van der Waals surface area contributed by atoms with Gasteiger partial charge < -0.3 is 15.1 Å². The van der Waals surface area contributed by atoms with Crippen LogP contribution in [0, 0.1) is 5.82 Å². The second kappa shape index (κ2) is 8.17. The first-order valence-electron chi connectivity index (χ1n) is 8.44. The lowest BCUT2D eigenvalue weighted by Gasteiger charge is -2.30. The monoisotopic (exact) mass is 380 g/mol. The molecule has 3 rings (SSSR count). The van der Waals surface area contributed by atoms with Gasteiger partial charge in [-0.25, -0.2) is 9.38 Å². The highest BCUT2D eigenvalue weighted by Gasteiger charge is 2.22. The highest BCUT2D eigenvalue weighted by atomic mass is 35.5. The van der Waals surface area contributed by atoms with E-state index in [2.05, 4.69) is 45.4 Å². The van der Waals surface area contributed by atoms with Crippen molar-refractivity contribution < 1.29 is 4.39 Å². The number of anilines is 2. The van der Waals surface area contributed by atoms with E-state index >= 15 is 0 Å². The average molecular weight is 381 g/mol. The number of aliphatic imine (C=N–C) groups is 1. The van der Waals surface area contributed by atoms with Gasteiger partial charge in [-0.1, -0.05) is 25.4 Å². The Labute approximate surface area is 156 Å². The fourth-order valence-electron chi connectivity index (χ4n) is 2.82. The molecule has 0 amide bonds. The summed E-state index contributed by atoms with van der Waals surface area (Å²) >= 11 is 7.59. The van der Waals surface area contributed by atoms with Gasteiger partial charge in [0.15, 0.2) is 0 Å². The molecule has 1 aromatic carbocycles. The Bertz CT molecular complexity index is 757. The number of nitrogens with zero attached hydrogens (tertiary/aromatic N) is 3. The average Bonchev–Trinajstić information content (AvgIpc) is 3.11. The minimum absolute atomic E-state index is 0.104. The first-order valence-corrected chi connectivity index (χ1v) is 9.69. The zero-order valence-corrected chi connectivity index (χ0v) is 16.0. The molecule has 25 heavy (non-hydrogen) atoms. The Morgan fingerprint density at radius 1 is 1.32 bits per heavy atom. The van der Waals surface area contributed by atoms with Gasteiger partial charge in [0.1, 0.15) is 23.3 Å². The molecule has 0 unspecified atom stereocenters. The topological polar surface area (TPSA) is 30.9 Å². The van der Waals surface area contributed by atoms with Crippen LogP contribution in [0.2, 0.25) is 5.02 Å². The second-order valence-electron chi connectivity index (χ2n) is 5.83. The van der Waals surface area contributed by atoms with Crippen molar-refractivity contribution in [1.29, 1.82) is 0 Å². The Morgan fingerprint density at radius 3 is 2.84 bits per heavy atom. The van der Waals surface area contributed by atoms with Gasteiger partial charge in [0, 0.05) is 18.8 Å². The lowest BCUT2D eigenvalue weighted by atomic mass is 10.2. The van der Waals surface area contributed by atoms with Crippen LogP contribution in [0.4, 0.5) is 15.1 Å². The fraction of sp³-hybridized carbons (Fsp3) is 0.389. The van der Waals surface area contributed by atoms with E-state index < -0.39 is 5.82 Å². The summed E-state index contributed by atoms with van der Waals surface area (Å²) in [6.07, 6.45) is 0. The van der Waals surface area contributed by atoms with Gasteiger partial charge in [0.2, 0.25) is 0 Å². The molecular weight excluding hydrogens is 359 g/mol. The van der Waals surface area contributed by atoms with Crippen LogP contribution < -0.4 is 10.2 Å². The third-order valence-corrected chi connectivity index (χ3v) is 5.61. The van der Waals surface area contributed by atoms with Gasteiger partial charge >= 0.3 is 0 Å². The van der Waals surface area contributed by atoms with Gasteiger partial charge in [-0.3, -0.25) is 0 Å². The Hall–Kier alpha value is -1.63. The quantitative estimate of drug-likeness (QED) is 0.799. The van der Waals surface area contributed by atoms with Crippen molar-refractivity contribution in [1.82, 2.24) is 4.90 Å². The summed E-state index contributed by atoms with van der Waals surface area (Å²) in [7, 11) is 0. The summed E-state index contributed by atoms with van der Waals surface area (Å²) in [6, 6.07) is 6.68. The molecule has 1 aliphatic heterocycles. The largest absolute Gasteiger partial charge is 0.342 e. The molecule has 2 heterocycles. The summed E-state index contributed by atoms with van der Waals surface area (Å²) in [5.41, 5.74) is 1.81. The van der Waals surface area contributed by atoms with Crippen LogP contribution in [0.1, 0.15) is 19.4 Å². The predicted molar refractivity (Wildman–Crippen MR) is 106 cm³/mol. The van der Waals surface area contributed by atoms with Gasteiger partial charge in [-0.05, 0) is 42.7 Å². The number of thiophene rings is 1. The number of halogens is 2. The normalized spacial score (nSPS) is 13.8. The molecule has 1 aromatic heterocycles. The van der Waals surface area contributed by atoms with Crippen LogP contribution in [-0.2, 0) is 0 Å². The van der Waals surface area contributed by atoms with Gasteiger partial charge in [0.25, 0.3) is 0 Å². The van der Waals surface area contributed by atoms with E-state index in [1.165, 1.54) is 11.1 Å². The standard InChI is InChI=1S/C18H22ClFN4S/c1-3-23(4-2)8-9-24-12-21-17(14-7-10-25-18(14)24)22-13-5-6-16(20)15(19)11-13/h5-7,10-11H,3-4,8-9,12H2,1-2H3,(H,21,22). The molecule has 0 aliphatic carbocycles. The number of benzene rings is 1. The van der Waals surface area contributed by atoms with E-state index in [1.807, 2.05) is 0 Å². The van der Waals surface area contributed by atoms with Crippen LogP contribution in [0.3, 0.4) is 0 Å². The molecule has 0 bridgehead atoms. The predicted octanol–water partition coefficient (Wildman–Crippen LogP) is 4.52. The number of hydrogen-bond donors (Lipinski definition) is 1. The van der Waals surface area contributed by atoms with Crippen molar-refractivity contribution in [2.75, 3.05) is 43.1 Å². The first-order chi connectivity index (χ1) is 12.1. The van der Waals surface area contributed by atoms with Crippen LogP contribution in [0.15, 0.2) is 34.6 Å². The lowest BCUT2D eigenvalue weighted by Crippen LogP contribution is -2.38. The zero-order chi connectivity index (χ0) is 17.8. The smallest absolute Gasteiger partial charge is 0.141 e. The maximum Gasteiger partial charge on any atom is 0.141 e. The molecule has 134 valence electrons. The van der Waals surface area contributed by atoms with Gasteiger partial charge in [-0.15, -0.1) is 11.3 Å². The molecule has 0 saturated carbocycles. The molecule has 2 aromatic rings. The molecule has 7 heteroatoms. The van der Waals surface area contributed by atoms with Crippen molar-refractivity contribution in [2.45, 2.75) is 13.8 Å². The van der Waals surface area contributed by atoms with E-state index in [0.717, 1.165) is 43.3 Å². The third kappa shape index (κ3) is 4.14. The Kier molecular flexibility index (Phi) is 5.93. The van der Waals surface area contributed by atoms with Crippen molar-refractivity contribution in [3.63, 3.8) is 0 Å². The fourth-order valence-corrected chi connectivity index (χ4v) is 3.93. The van der Waals surface area contributed by atoms with Crippen molar-refractivity contribution >= 4 is 39.5 Å². The zero-order valence-electron chi connectivity index (χ0n) is 14.4. The Balaban J connectivity index is 1.73. The molecule has 0 spiro atoms. The highest BCUT2D eigenvalue weighted by Crippen LogP contribution is 2.32. The van der Waals surface area contributed by atoms with E-state index in [0.29, 0.717) is 6.67 Å². The number of fused-ring (bicyclic) bond motifs is 1. The maximum absolute atomic E-state index is 13.3. The van der Waals surface area contributed by atoms with E-state index in [1.54, 1.807) is 23.5 Å². The second-order valence-corrected chi connectivity index (χ2v) is 7.13. The number of rotatable bonds is 6. The van der Waals surface area contributed by atoms with E-state index in [-0.39, 0.29) is 5.02 Å². The number of nitrogens with one attached hydrogen (secondary N) is 1. The summed E-state index contributed by atoms with van der Waals surface area (Å²) in [6.45, 7) is 9.08. The molecule has 4 nitrogen and oxygen atoms in total. The maximum atomic E-state index is 13.3. The molecule has 0 atom stereocenters. The van der Waals surface area contributed by atoms with Crippen molar-refractivity contribution in [3.05, 3.63) is 46.0 Å². The Morgan fingerprint density at radius 2 is 2.12 bits per heavy atom. The third-order valence-electron chi connectivity index (χ3n) is 4.35. The van der Waals surface area contributed by atoms with Gasteiger partial charge in [-0.2, -0.15) is 0 Å². The molecule has 1 aliphatic rings. The molecule has 0 saturated heterocycles. The van der Waals surface area contributed by atoms with E-state index in [9.17, 15) is 4.39 Å². The van der Waals surface area contributed by atoms with Crippen LogP contribution in [-0.4, -0.2) is 43.6 Å². The minimum atomic E-state index is -0.420. The number of hydrogen-bond acceptors (Lipinski definition) is 5. The summed E-state index contributed by atoms with van der Waals surface area (Å²) < 4.78 is 13.3. The molecule has 0 fully saturated rings. The van der Waals surface area contributed by atoms with Gasteiger partial charge in [0.05, 0.1) is 10.6 Å². The molecule has 1 N–H and O–H groups in total. The number of likely N-dealkylation sites (N-methyl/N-ethyl adjacent to an activating group) is 1. The van der Waals surface area contributed by atoms with Crippen molar-refractivity contribution in [2.24, 2.45) is 4.99 Å². The van der Waals surface area contributed by atoms with Crippen molar-refractivity contribution in [3.8, 4) is 0 Å². The molecule has 0 radical (unpaired) electrons. The van der Waals surface area contributed by atoms with Crippen LogP contribution in [0.25, 0.3) is 0 Å². The SMILES string of the molecule is CCN(CC)CCN1CN=C(Nc2ccc(F)c(Cl)c2)c2ccsc21. The van der Waals surface area contributed by atoms with E-state index in [4.69, 9.17) is 11.6 Å². The highest BCUT2D eigenvalue weighted by molar-refractivity contribution is 7.14. The van der Waals surface area contributed by atoms with Crippen LogP contribution >= 0.6 is 22.9 Å². The number of amidine groups is 1. The summed E-state index contributed by atoms with van der Waals surface area (Å²) in [4.78, 5) is 9.40. The van der Waals surface area contributed by atoms with Crippen LogP contribution in [0.5, 0.6) is 0 Å². The summed E-state index contributed by atoms with van der Waals surface area (Å²) in [5, 5.41) is 6.67. The molecular formula is C18H22ClFN4S. The lowest BCUT2D eigenvalue weighted by molar-refractivity contribution is 0.309.